The number of nitriles is 1. The number of nitrogens with zero attached hydrogens (tertiary/aromatic N) is 3. The molecule has 0 bridgehead atoms. The van der Waals surface area contributed by atoms with E-state index in [9.17, 15) is 15.4 Å². The zero-order valence-electron chi connectivity index (χ0n) is 11.7. The number of halogens is 1. The monoisotopic (exact) mass is 325 g/mol. The van der Waals surface area contributed by atoms with Crippen LogP contribution in [0.4, 0.5) is 5.69 Å². The molecule has 0 unspecified atom stereocenters. The molecule has 0 saturated carbocycles. The Balaban J connectivity index is 2.09. The molecular formula is C14H16ClN3O2S. The summed E-state index contributed by atoms with van der Waals surface area (Å²) in [5.74, 6) is 0. The van der Waals surface area contributed by atoms with E-state index >= 15 is 0 Å². The number of hydrogen-bond donors (Lipinski definition) is 0. The minimum absolute atomic E-state index is 0.0985. The second-order valence-electron chi connectivity index (χ2n) is 5.12. The van der Waals surface area contributed by atoms with Gasteiger partial charge in [0.1, 0.15) is 4.75 Å². The predicted molar refractivity (Wildman–Crippen MR) is 84.5 cm³/mol. The topological polar surface area (TPSA) is 70.2 Å². The third-order valence-electron chi connectivity index (χ3n) is 3.89. The van der Waals surface area contributed by atoms with Crippen LogP contribution in [0.3, 0.4) is 0 Å². The van der Waals surface area contributed by atoms with Gasteiger partial charge in [0.25, 0.3) is 5.69 Å². The predicted octanol–water partition coefficient (Wildman–Crippen LogP) is 3.47. The minimum atomic E-state index is -0.378. The number of nitro benzene ring substituents is 1. The first kappa shape index (κ1) is 16.1. The van der Waals surface area contributed by atoms with Crippen molar-refractivity contribution in [1.82, 2.24) is 4.90 Å². The Labute approximate surface area is 133 Å². The Morgan fingerprint density at radius 3 is 2.71 bits per heavy atom. The Kier molecular flexibility index (Phi) is 5.09. The van der Waals surface area contributed by atoms with Crippen molar-refractivity contribution >= 4 is 29.1 Å². The van der Waals surface area contributed by atoms with Crippen molar-refractivity contribution in [1.29, 1.82) is 5.26 Å². The molecular weight excluding hydrogens is 310 g/mol. The molecule has 1 fully saturated rings. The average Bonchev–Trinajstić information content (AvgIpc) is 2.48. The molecule has 0 amide bonds. The number of rotatable bonds is 4. The second kappa shape index (κ2) is 6.65. The number of hydrogen-bond acceptors (Lipinski definition) is 5. The van der Waals surface area contributed by atoms with E-state index in [1.165, 1.54) is 12.1 Å². The molecule has 5 nitrogen and oxygen atoms in total. The van der Waals surface area contributed by atoms with Crippen LogP contribution in [0, 0.1) is 21.4 Å². The summed E-state index contributed by atoms with van der Waals surface area (Å²) >= 11 is 7.54. The number of likely N-dealkylation sites (tertiary alicyclic amines) is 1. The maximum absolute atomic E-state index is 11.1. The number of nitro groups is 1. The van der Waals surface area contributed by atoms with E-state index in [-0.39, 0.29) is 15.4 Å². The van der Waals surface area contributed by atoms with Crippen molar-refractivity contribution < 1.29 is 4.92 Å². The van der Waals surface area contributed by atoms with Gasteiger partial charge in [-0.1, -0.05) is 11.6 Å². The summed E-state index contributed by atoms with van der Waals surface area (Å²) in [6.07, 6.45) is 3.51. The van der Waals surface area contributed by atoms with E-state index in [2.05, 4.69) is 11.0 Å². The maximum atomic E-state index is 11.1. The van der Waals surface area contributed by atoms with Crippen molar-refractivity contribution in [2.75, 3.05) is 19.3 Å². The van der Waals surface area contributed by atoms with Crippen LogP contribution in [0.25, 0.3) is 0 Å². The van der Waals surface area contributed by atoms with Crippen LogP contribution < -0.4 is 0 Å². The van der Waals surface area contributed by atoms with Crippen molar-refractivity contribution in [2.24, 2.45) is 0 Å². The van der Waals surface area contributed by atoms with E-state index in [1.807, 2.05) is 6.26 Å². The van der Waals surface area contributed by atoms with Gasteiger partial charge in [0, 0.05) is 36.3 Å². The number of benzene rings is 1. The Morgan fingerprint density at radius 2 is 2.19 bits per heavy atom. The molecule has 112 valence electrons. The van der Waals surface area contributed by atoms with Crippen LogP contribution in [0.1, 0.15) is 18.4 Å². The molecule has 1 saturated heterocycles. The Bertz CT molecular complexity index is 580. The van der Waals surface area contributed by atoms with Gasteiger partial charge >= 0.3 is 0 Å². The lowest BCUT2D eigenvalue weighted by molar-refractivity contribution is -0.385. The summed E-state index contributed by atoms with van der Waals surface area (Å²) in [7, 11) is 0. The number of thioether (sulfide) groups is 1. The Morgan fingerprint density at radius 1 is 1.52 bits per heavy atom. The first-order chi connectivity index (χ1) is 9.99. The highest BCUT2D eigenvalue weighted by Gasteiger charge is 2.34. The van der Waals surface area contributed by atoms with Gasteiger partial charge in [0.15, 0.2) is 0 Å². The van der Waals surface area contributed by atoms with E-state index in [4.69, 9.17) is 11.6 Å². The van der Waals surface area contributed by atoms with Gasteiger partial charge in [0.05, 0.1) is 11.0 Å². The summed E-state index contributed by atoms with van der Waals surface area (Å²) in [6.45, 7) is 2.02. The van der Waals surface area contributed by atoms with E-state index in [0.29, 0.717) is 17.1 Å². The lowest BCUT2D eigenvalue weighted by atomic mass is 9.97. The number of piperidine rings is 1. The van der Waals surface area contributed by atoms with E-state index in [1.54, 1.807) is 17.8 Å². The second-order valence-corrected chi connectivity index (χ2v) is 6.74. The van der Waals surface area contributed by atoms with Gasteiger partial charge in [0.2, 0.25) is 0 Å². The molecule has 0 atom stereocenters. The quantitative estimate of drug-likeness (QED) is 0.626. The third-order valence-corrected chi connectivity index (χ3v) is 5.41. The van der Waals surface area contributed by atoms with Crippen molar-refractivity contribution in [2.45, 2.75) is 24.1 Å². The molecule has 2 rings (SSSR count). The molecule has 0 aliphatic carbocycles. The van der Waals surface area contributed by atoms with Gasteiger partial charge in [-0.05, 0) is 31.2 Å². The molecule has 1 aliphatic rings. The van der Waals surface area contributed by atoms with Crippen molar-refractivity contribution in [3.63, 3.8) is 0 Å². The summed E-state index contributed by atoms with van der Waals surface area (Å²) in [5, 5.41) is 20.8. The lowest BCUT2D eigenvalue weighted by Crippen LogP contribution is -2.41. The highest BCUT2D eigenvalue weighted by Crippen LogP contribution is 2.35. The molecule has 1 aromatic carbocycles. The third kappa shape index (κ3) is 3.67. The molecule has 0 spiro atoms. The molecule has 1 aliphatic heterocycles. The fraction of sp³-hybridized carbons (Fsp3) is 0.500. The van der Waals surface area contributed by atoms with Crippen LogP contribution in [0.5, 0.6) is 0 Å². The highest BCUT2D eigenvalue weighted by molar-refractivity contribution is 8.00. The fourth-order valence-electron chi connectivity index (χ4n) is 2.53. The molecule has 0 radical (unpaired) electrons. The minimum Gasteiger partial charge on any atom is -0.299 e. The SMILES string of the molecule is CSC1(C#N)CCN(Cc2cc(Cl)ccc2[N+](=O)[O-])CC1. The summed E-state index contributed by atoms with van der Waals surface area (Å²) in [5.41, 5.74) is 0.725. The van der Waals surface area contributed by atoms with Crippen LogP contribution in [0.2, 0.25) is 5.02 Å². The summed E-state index contributed by atoms with van der Waals surface area (Å²) in [6, 6.07) is 7.03. The van der Waals surface area contributed by atoms with Crippen LogP contribution in [-0.4, -0.2) is 33.9 Å². The lowest BCUT2D eigenvalue weighted by Gasteiger charge is -2.36. The normalized spacial score (nSPS) is 18.1. The average molecular weight is 326 g/mol. The summed E-state index contributed by atoms with van der Waals surface area (Å²) < 4.78 is -0.309. The maximum Gasteiger partial charge on any atom is 0.273 e. The van der Waals surface area contributed by atoms with E-state index < -0.39 is 0 Å². The summed E-state index contributed by atoms with van der Waals surface area (Å²) in [4.78, 5) is 12.8. The van der Waals surface area contributed by atoms with Crippen LogP contribution in [0.15, 0.2) is 18.2 Å². The smallest absolute Gasteiger partial charge is 0.273 e. The zero-order valence-corrected chi connectivity index (χ0v) is 13.3. The largest absolute Gasteiger partial charge is 0.299 e. The highest BCUT2D eigenvalue weighted by atomic mass is 35.5. The van der Waals surface area contributed by atoms with Gasteiger partial charge in [-0.15, -0.1) is 11.8 Å². The van der Waals surface area contributed by atoms with Crippen LogP contribution >= 0.6 is 23.4 Å². The first-order valence-electron chi connectivity index (χ1n) is 6.61. The van der Waals surface area contributed by atoms with Crippen LogP contribution in [-0.2, 0) is 6.54 Å². The van der Waals surface area contributed by atoms with Gasteiger partial charge in [-0.3, -0.25) is 15.0 Å². The molecule has 21 heavy (non-hydrogen) atoms. The Hall–Kier alpha value is -1.29. The van der Waals surface area contributed by atoms with Gasteiger partial charge in [-0.2, -0.15) is 5.26 Å². The van der Waals surface area contributed by atoms with Crippen molar-refractivity contribution in [3.05, 3.63) is 38.9 Å². The molecule has 7 heteroatoms. The van der Waals surface area contributed by atoms with Crippen molar-refractivity contribution in [3.8, 4) is 6.07 Å². The molecule has 1 aromatic rings. The van der Waals surface area contributed by atoms with Gasteiger partial charge < -0.3 is 0 Å². The first-order valence-corrected chi connectivity index (χ1v) is 8.21. The molecule has 0 N–H and O–H groups in total. The van der Waals surface area contributed by atoms with Gasteiger partial charge in [-0.25, -0.2) is 0 Å². The fourth-order valence-corrected chi connectivity index (χ4v) is 3.41. The molecule has 1 heterocycles. The molecule has 0 aromatic heterocycles. The van der Waals surface area contributed by atoms with E-state index in [0.717, 1.165) is 25.9 Å². The zero-order chi connectivity index (χ0) is 15.5. The standard InChI is InChI=1S/C14H16ClN3O2S/c1-21-14(10-16)4-6-17(7-5-14)9-11-8-12(15)2-3-13(11)18(19)20/h2-3,8H,4-7,9H2,1H3.